The fourth-order valence-electron chi connectivity index (χ4n) is 3.78. The topological polar surface area (TPSA) is 58.6 Å². The fourth-order valence-corrected chi connectivity index (χ4v) is 3.78. The largest absolute Gasteiger partial charge is 0.416 e. The van der Waals surface area contributed by atoms with Gasteiger partial charge in [0, 0.05) is 37.9 Å². The number of alkyl halides is 3. The molecule has 2 aliphatic rings. The molecule has 0 spiro atoms. The number of rotatable bonds is 5. The molecule has 1 fully saturated rings. The van der Waals surface area contributed by atoms with Gasteiger partial charge in [0.25, 0.3) is 5.91 Å². The van der Waals surface area contributed by atoms with Crippen LogP contribution in [0.3, 0.4) is 0 Å². The highest BCUT2D eigenvalue weighted by molar-refractivity contribution is 5.97. The van der Waals surface area contributed by atoms with Crippen LogP contribution < -0.4 is 5.32 Å². The number of hydrogen-bond donors (Lipinski definition) is 1. The van der Waals surface area contributed by atoms with Gasteiger partial charge >= 0.3 is 6.18 Å². The first-order chi connectivity index (χ1) is 13.8. The first-order valence-corrected chi connectivity index (χ1v) is 9.77. The third-order valence-corrected chi connectivity index (χ3v) is 5.41. The number of nitrogens with zero attached hydrogens (tertiary/aromatic N) is 1. The summed E-state index contributed by atoms with van der Waals surface area (Å²) in [6, 6.07) is 3.04. The number of carbonyl (C=O) groups is 2. The van der Waals surface area contributed by atoms with Crippen LogP contribution in [0.25, 0.3) is 0 Å². The summed E-state index contributed by atoms with van der Waals surface area (Å²) in [5.74, 6) is -0.732. The number of likely N-dealkylation sites (tertiary alicyclic amines) is 1. The summed E-state index contributed by atoms with van der Waals surface area (Å²) in [5, 5.41) is 2.53. The van der Waals surface area contributed by atoms with Crippen molar-refractivity contribution >= 4 is 17.5 Å². The quantitative estimate of drug-likeness (QED) is 0.739. The van der Waals surface area contributed by atoms with Gasteiger partial charge in [-0.15, -0.1) is 0 Å². The maximum atomic E-state index is 13.4. The molecule has 0 saturated carbocycles. The van der Waals surface area contributed by atoms with Gasteiger partial charge in [-0.25, -0.2) is 0 Å². The van der Waals surface area contributed by atoms with Gasteiger partial charge in [-0.1, -0.05) is 12.2 Å². The van der Waals surface area contributed by atoms with Crippen molar-refractivity contribution in [2.24, 2.45) is 5.92 Å². The lowest BCUT2D eigenvalue weighted by Gasteiger charge is -2.31. The molecule has 1 saturated heterocycles. The highest BCUT2D eigenvalue weighted by Gasteiger charge is 2.33. The molecule has 1 N–H and O–H groups in total. The summed E-state index contributed by atoms with van der Waals surface area (Å²) in [6.07, 6.45) is 2.63. The zero-order valence-electron chi connectivity index (χ0n) is 16.3. The van der Waals surface area contributed by atoms with E-state index in [0.29, 0.717) is 25.9 Å². The van der Waals surface area contributed by atoms with Crippen molar-refractivity contribution in [2.75, 3.05) is 25.5 Å². The molecule has 1 heterocycles. The molecule has 0 radical (unpaired) electrons. The van der Waals surface area contributed by atoms with Crippen LogP contribution in [0.2, 0.25) is 0 Å². The molecule has 3 rings (SSSR count). The number of amides is 2. The molecule has 1 unspecified atom stereocenters. The number of halogens is 3. The van der Waals surface area contributed by atoms with Crippen molar-refractivity contribution in [2.45, 2.75) is 44.4 Å². The Kier molecular flexibility index (Phi) is 6.62. The summed E-state index contributed by atoms with van der Waals surface area (Å²) >= 11 is 0. The lowest BCUT2D eigenvalue weighted by Crippen LogP contribution is -2.40. The molecule has 0 bridgehead atoms. The number of nitrogens with one attached hydrogen (secondary N) is 1. The van der Waals surface area contributed by atoms with Gasteiger partial charge < -0.3 is 15.0 Å². The van der Waals surface area contributed by atoms with Crippen molar-refractivity contribution in [1.82, 2.24) is 4.90 Å². The van der Waals surface area contributed by atoms with E-state index >= 15 is 0 Å². The molecular formula is C21H25F3N2O3. The Balaban J connectivity index is 1.77. The maximum absolute atomic E-state index is 13.4. The average Bonchev–Trinajstić information content (AvgIpc) is 3.19. The van der Waals surface area contributed by atoms with Crippen molar-refractivity contribution in [3.8, 4) is 0 Å². The van der Waals surface area contributed by atoms with Crippen LogP contribution in [0.4, 0.5) is 18.9 Å². The molecule has 1 aromatic rings. The van der Waals surface area contributed by atoms with Gasteiger partial charge in [-0.3, -0.25) is 9.59 Å². The molecule has 1 aromatic carbocycles. The normalized spacial score (nSPS) is 20.1. The molecule has 1 atom stereocenters. The summed E-state index contributed by atoms with van der Waals surface area (Å²) in [7, 11) is 1.60. The average molecular weight is 410 g/mol. The minimum atomic E-state index is -4.62. The van der Waals surface area contributed by atoms with Crippen LogP contribution in [0.15, 0.2) is 30.4 Å². The van der Waals surface area contributed by atoms with Crippen LogP contribution in [0, 0.1) is 5.92 Å². The second-order valence-electron chi connectivity index (χ2n) is 7.54. The van der Waals surface area contributed by atoms with E-state index in [1.165, 1.54) is 11.0 Å². The van der Waals surface area contributed by atoms with E-state index in [-0.39, 0.29) is 35.6 Å². The highest BCUT2D eigenvalue weighted by atomic mass is 19.4. The highest BCUT2D eigenvalue weighted by Crippen LogP contribution is 2.33. The summed E-state index contributed by atoms with van der Waals surface area (Å²) in [5.41, 5.74) is -1.04. The SMILES string of the molecule is COC1CCN(C(=O)c2cc(NC(=O)CC3C=CCC3)cc(C(F)(F)F)c2)CC1. The number of carbonyl (C=O) groups excluding carboxylic acids is 2. The zero-order valence-corrected chi connectivity index (χ0v) is 16.3. The molecule has 29 heavy (non-hydrogen) atoms. The van der Waals surface area contributed by atoms with Crippen LogP contribution in [0.5, 0.6) is 0 Å². The summed E-state index contributed by atoms with van der Waals surface area (Å²) < 4.78 is 45.3. The van der Waals surface area contributed by atoms with Crippen molar-refractivity contribution in [3.05, 3.63) is 41.5 Å². The minimum absolute atomic E-state index is 0.0121. The summed E-state index contributed by atoms with van der Waals surface area (Å²) in [6.45, 7) is 0.840. The Hall–Kier alpha value is -2.35. The molecule has 0 aromatic heterocycles. The van der Waals surface area contributed by atoms with Crippen LogP contribution in [-0.2, 0) is 15.7 Å². The Morgan fingerprint density at radius 1 is 1.17 bits per heavy atom. The molecule has 1 aliphatic heterocycles. The van der Waals surface area contributed by atoms with Crippen LogP contribution in [-0.4, -0.2) is 43.0 Å². The Labute approximate surface area is 167 Å². The van der Waals surface area contributed by atoms with E-state index in [4.69, 9.17) is 4.74 Å². The monoisotopic (exact) mass is 410 g/mol. The first kappa shape index (κ1) is 21.4. The summed E-state index contributed by atoms with van der Waals surface area (Å²) in [4.78, 5) is 26.6. The Morgan fingerprint density at radius 2 is 1.90 bits per heavy atom. The van der Waals surface area contributed by atoms with Crippen LogP contribution in [0.1, 0.15) is 48.0 Å². The second kappa shape index (κ2) is 8.98. The van der Waals surface area contributed by atoms with E-state index < -0.39 is 17.6 Å². The van der Waals surface area contributed by atoms with Gasteiger partial charge in [0.05, 0.1) is 11.7 Å². The smallest absolute Gasteiger partial charge is 0.381 e. The lowest BCUT2D eigenvalue weighted by atomic mass is 10.0. The maximum Gasteiger partial charge on any atom is 0.416 e. The molecule has 158 valence electrons. The molecular weight excluding hydrogens is 385 g/mol. The van der Waals surface area contributed by atoms with E-state index in [1.807, 2.05) is 12.2 Å². The number of hydrogen-bond acceptors (Lipinski definition) is 3. The number of methoxy groups -OCH3 is 1. The van der Waals surface area contributed by atoms with Crippen molar-refractivity contribution in [1.29, 1.82) is 0 Å². The number of allylic oxidation sites excluding steroid dienone is 2. The van der Waals surface area contributed by atoms with Gasteiger partial charge in [0.1, 0.15) is 0 Å². The van der Waals surface area contributed by atoms with Crippen molar-refractivity contribution < 1.29 is 27.5 Å². The zero-order chi connectivity index (χ0) is 21.0. The van der Waals surface area contributed by atoms with E-state index in [1.54, 1.807) is 7.11 Å². The van der Waals surface area contributed by atoms with E-state index in [2.05, 4.69) is 5.32 Å². The molecule has 5 nitrogen and oxygen atoms in total. The van der Waals surface area contributed by atoms with E-state index in [9.17, 15) is 22.8 Å². The predicted octanol–water partition coefficient (Wildman–Crippen LogP) is 4.25. The first-order valence-electron chi connectivity index (χ1n) is 9.77. The number of benzene rings is 1. The molecule has 2 amide bonds. The number of anilines is 1. The Morgan fingerprint density at radius 3 is 2.48 bits per heavy atom. The standard InChI is InChI=1S/C21H25F3N2O3/c1-29-18-6-8-26(9-7-18)20(28)15-11-16(21(22,23)24)13-17(12-15)25-19(27)10-14-4-2-3-5-14/h2,4,11-14,18H,3,5-10H2,1H3,(H,25,27). The number of piperidine rings is 1. The van der Waals surface area contributed by atoms with Gasteiger partial charge in [-0.05, 0) is 49.8 Å². The fraction of sp³-hybridized carbons (Fsp3) is 0.524. The molecule has 1 aliphatic carbocycles. The van der Waals surface area contributed by atoms with E-state index in [0.717, 1.165) is 25.0 Å². The van der Waals surface area contributed by atoms with Gasteiger partial charge in [-0.2, -0.15) is 13.2 Å². The predicted molar refractivity (Wildman–Crippen MR) is 102 cm³/mol. The Bertz CT molecular complexity index is 784. The number of ether oxygens (including phenoxy) is 1. The van der Waals surface area contributed by atoms with Crippen LogP contribution >= 0.6 is 0 Å². The van der Waals surface area contributed by atoms with Gasteiger partial charge in [0.15, 0.2) is 0 Å². The van der Waals surface area contributed by atoms with Crippen molar-refractivity contribution in [3.63, 3.8) is 0 Å². The van der Waals surface area contributed by atoms with Gasteiger partial charge in [0.2, 0.25) is 5.91 Å². The third-order valence-electron chi connectivity index (χ3n) is 5.41. The third kappa shape index (κ3) is 5.59. The minimum Gasteiger partial charge on any atom is -0.381 e. The second-order valence-corrected chi connectivity index (χ2v) is 7.54. The molecule has 8 heteroatoms. The lowest BCUT2D eigenvalue weighted by molar-refractivity contribution is -0.137.